The monoisotopic (exact) mass is 286 g/mol. The van der Waals surface area contributed by atoms with Gasteiger partial charge in [0.15, 0.2) is 11.5 Å². The summed E-state index contributed by atoms with van der Waals surface area (Å²) in [6, 6.07) is 1.42. The fourth-order valence-electron chi connectivity index (χ4n) is 2.90. The van der Waals surface area contributed by atoms with Crippen molar-refractivity contribution in [2.24, 2.45) is 0 Å². The number of hydrogen-bond donors (Lipinski definition) is 1. The summed E-state index contributed by atoms with van der Waals surface area (Å²) in [5.41, 5.74) is -1.10. The van der Waals surface area contributed by atoms with E-state index in [1.54, 1.807) is 0 Å². The van der Waals surface area contributed by atoms with Gasteiger partial charge < -0.3 is 14.6 Å². The van der Waals surface area contributed by atoms with Crippen LogP contribution in [-0.4, -0.2) is 17.9 Å². The molecule has 0 amide bonds. The van der Waals surface area contributed by atoms with Gasteiger partial charge in [-0.3, -0.25) is 4.79 Å². The first-order chi connectivity index (χ1) is 9.06. The van der Waals surface area contributed by atoms with Gasteiger partial charge in [-0.1, -0.05) is 24.4 Å². The highest BCUT2D eigenvalue weighted by molar-refractivity contribution is 6.32. The van der Waals surface area contributed by atoms with Crippen LogP contribution in [-0.2, 0) is 10.2 Å². The summed E-state index contributed by atoms with van der Waals surface area (Å²) >= 11 is 5.92. The van der Waals surface area contributed by atoms with E-state index in [0.29, 0.717) is 18.6 Å². The first-order valence-corrected chi connectivity index (χ1v) is 6.45. The molecule has 1 N–H and O–H groups in total. The molecule has 0 spiro atoms. The minimum atomic E-state index is -1.20. The van der Waals surface area contributed by atoms with Crippen LogP contribution in [0.1, 0.15) is 31.2 Å². The van der Waals surface area contributed by atoms with Crippen LogP contribution in [0.2, 0.25) is 5.02 Å². The van der Waals surface area contributed by atoms with Crippen molar-refractivity contribution in [1.82, 2.24) is 0 Å². The number of benzene rings is 1. The molecule has 4 nitrogen and oxygen atoms in total. The Kier molecular flexibility index (Phi) is 2.82. The van der Waals surface area contributed by atoms with Crippen molar-refractivity contribution in [1.29, 1.82) is 0 Å². The SMILES string of the molecule is O=C(O)C1(c2cc3c(c(Cl)c2F)OCO3)CCCC1. The predicted octanol–water partition coefficient (Wildman–Crippen LogP) is 3.10. The maximum atomic E-state index is 14.4. The average Bonchev–Trinajstić information content (AvgIpc) is 3.02. The van der Waals surface area contributed by atoms with Crippen molar-refractivity contribution in [3.05, 3.63) is 22.5 Å². The molecule has 1 heterocycles. The lowest BCUT2D eigenvalue weighted by molar-refractivity contribution is -0.143. The molecule has 1 aliphatic carbocycles. The van der Waals surface area contributed by atoms with Gasteiger partial charge in [-0.25, -0.2) is 4.39 Å². The molecule has 3 rings (SSSR count). The summed E-state index contributed by atoms with van der Waals surface area (Å²) in [5, 5.41) is 9.30. The number of halogens is 2. The Morgan fingerprint density at radius 3 is 2.68 bits per heavy atom. The minimum Gasteiger partial charge on any atom is -0.481 e. The fourth-order valence-corrected chi connectivity index (χ4v) is 3.15. The van der Waals surface area contributed by atoms with Crippen LogP contribution in [0.25, 0.3) is 0 Å². The first-order valence-electron chi connectivity index (χ1n) is 6.08. The standard InChI is InChI=1S/C13H12ClFO4/c14-9-10(15)7(5-8-11(9)19-6-18-8)13(12(16)17)3-1-2-4-13/h5H,1-4,6H2,(H,16,17). The van der Waals surface area contributed by atoms with Crippen LogP contribution >= 0.6 is 11.6 Å². The van der Waals surface area contributed by atoms with Gasteiger partial charge in [0.05, 0.1) is 5.41 Å². The Balaban J connectivity index is 2.20. The average molecular weight is 287 g/mol. The molecule has 0 atom stereocenters. The third kappa shape index (κ3) is 1.68. The Bertz CT molecular complexity index is 552. The third-order valence-electron chi connectivity index (χ3n) is 3.93. The van der Waals surface area contributed by atoms with Crippen molar-refractivity contribution in [3.63, 3.8) is 0 Å². The molecule has 1 aromatic rings. The lowest BCUT2D eigenvalue weighted by Gasteiger charge is -2.25. The number of aliphatic carboxylic acids is 1. The van der Waals surface area contributed by atoms with E-state index < -0.39 is 17.2 Å². The van der Waals surface area contributed by atoms with Crippen molar-refractivity contribution in [2.75, 3.05) is 6.79 Å². The second-order valence-corrected chi connectivity index (χ2v) is 5.26. The molecule has 1 aromatic carbocycles. The van der Waals surface area contributed by atoms with Gasteiger partial charge in [-0.15, -0.1) is 0 Å². The number of ether oxygens (including phenoxy) is 2. The van der Waals surface area contributed by atoms with E-state index in [4.69, 9.17) is 21.1 Å². The molecular weight excluding hydrogens is 275 g/mol. The molecule has 102 valence electrons. The summed E-state index contributed by atoms with van der Waals surface area (Å²) in [6.45, 7) is -0.0297. The number of fused-ring (bicyclic) bond motifs is 1. The number of hydrogen-bond acceptors (Lipinski definition) is 3. The molecule has 1 saturated carbocycles. The molecule has 0 aromatic heterocycles. The highest BCUT2D eigenvalue weighted by Gasteiger charge is 2.46. The lowest BCUT2D eigenvalue weighted by Crippen LogP contribution is -2.33. The van der Waals surface area contributed by atoms with Crippen molar-refractivity contribution in [2.45, 2.75) is 31.1 Å². The van der Waals surface area contributed by atoms with Gasteiger partial charge in [0.25, 0.3) is 0 Å². The van der Waals surface area contributed by atoms with E-state index in [1.807, 2.05) is 0 Å². The maximum absolute atomic E-state index is 14.4. The van der Waals surface area contributed by atoms with E-state index >= 15 is 0 Å². The number of carbonyl (C=O) groups is 1. The molecular formula is C13H12ClFO4. The lowest BCUT2D eigenvalue weighted by atomic mass is 9.78. The normalized spacial score (nSPS) is 19.7. The quantitative estimate of drug-likeness (QED) is 0.907. The molecule has 0 saturated heterocycles. The van der Waals surface area contributed by atoms with Gasteiger partial charge in [0.1, 0.15) is 10.8 Å². The zero-order valence-electron chi connectivity index (χ0n) is 10.0. The topological polar surface area (TPSA) is 55.8 Å². The molecule has 19 heavy (non-hydrogen) atoms. The largest absolute Gasteiger partial charge is 0.481 e. The zero-order valence-corrected chi connectivity index (χ0v) is 10.8. The minimum absolute atomic E-state index is 0.0297. The molecule has 1 aliphatic heterocycles. The third-order valence-corrected chi connectivity index (χ3v) is 4.27. The van der Waals surface area contributed by atoms with Crippen LogP contribution in [0.4, 0.5) is 4.39 Å². The summed E-state index contributed by atoms with van der Waals surface area (Å²) in [4.78, 5) is 11.6. The van der Waals surface area contributed by atoms with Gasteiger partial charge in [0.2, 0.25) is 6.79 Å². The Morgan fingerprint density at radius 2 is 2.05 bits per heavy atom. The van der Waals surface area contributed by atoms with E-state index in [1.165, 1.54) is 6.07 Å². The van der Waals surface area contributed by atoms with E-state index in [-0.39, 0.29) is 23.1 Å². The number of carboxylic acid groups (broad SMARTS) is 1. The Morgan fingerprint density at radius 1 is 1.37 bits per heavy atom. The summed E-state index contributed by atoms with van der Waals surface area (Å²) in [7, 11) is 0. The predicted molar refractivity (Wildman–Crippen MR) is 65.3 cm³/mol. The molecule has 0 unspecified atom stereocenters. The smallest absolute Gasteiger partial charge is 0.314 e. The van der Waals surface area contributed by atoms with Gasteiger partial charge in [-0.05, 0) is 18.9 Å². The highest BCUT2D eigenvalue weighted by Crippen LogP contribution is 2.49. The van der Waals surface area contributed by atoms with Gasteiger partial charge >= 0.3 is 5.97 Å². The summed E-state index contributed by atoms with van der Waals surface area (Å²) < 4.78 is 24.7. The molecule has 0 radical (unpaired) electrons. The fraction of sp³-hybridized carbons (Fsp3) is 0.462. The van der Waals surface area contributed by atoms with E-state index in [0.717, 1.165) is 12.8 Å². The van der Waals surface area contributed by atoms with Crippen LogP contribution in [0.3, 0.4) is 0 Å². The van der Waals surface area contributed by atoms with Crippen LogP contribution in [0.5, 0.6) is 11.5 Å². The molecule has 0 bridgehead atoms. The van der Waals surface area contributed by atoms with Crippen molar-refractivity contribution >= 4 is 17.6 Å². The molecule has 6 heteroatoms. The second kappa shape index (κ2) is 4.27. The van der Waals surface area contributed by atoms with Gasteiger partial charge in [-0.2, -0.15) is 0 Å². The second-order valence-electron chi connectivity index (χ2n) is 4.88. The number of carboxylic acids is 1. The highest BCUT2D eigenvalue weighted by atomic mass is 35.5. The molecule has 2 aliphatic rings. The number of rotatable bonds is 2. The Labute approximate surface area is 114 Å². The van der Waals surface area contributed by atoms with Crippen molar-refractivity contribution < 1.29 is 23.8 Å². The van der Waals surface area contributed by atoms with E-state index in [2.05, 4.69) is 0 Å². The first kappa shape index (κ1) is 12.5. The summed E-state index contributed by atoms with van der Waals surface area (Å²) in [5.74, 6) is -1.26. The van der Waals surface area contributed by atoms with Crippen LogP contribution in [0, 0.1) is 5.82 Å². The zero-order chi connectivity index (χ0) is 13.6. The summed E-state index contributed by atoms with van der Waals surface area (Å²) in [6.07, 6.45) is 2.35. The van der Waals surface area contributed by atoms with Gasteiger partial charge in [0, 0.05) is 5.56 Å². The van der Waals surface area contributed by atoms with Crippen LogP contribution < -0.4 is 9.47 Å². The van der Waals surface area contributed by atoms with E-state index in [9.17, 15) is 14.3 Å². The Hall–Kier alpha value is -1.49. The molecule has 1 fully saturated rings. The van der Waals surface area contributed by atoms with Crippen molar-refractivity contribution in [3.8, 4) is 11.5 Å². The maximum Gasteiger partial charge on any atom is 0.314 e. The van der Waals surface area contributed by atoms with Crippen LogP contribution in [0.15, 0.2) is 6.07 Å².